The monoisotopic (exact) mass is 354 g/mol. The Morgan fingerprint density at radius 2 is 2.05 bits per heavy atom. The van der Waals surface area contributed by atoms with E-state index >= 15 is 0 Å². The van der Waals surface area contributed by atoms with Crippen LogP contribution in [0.5, 0.6) is 5.75 Å². The van der Waals surface area contributed by atoms with Crippen molar-refractivity contribution >= 4 is 15.9 Å². The Hall–Kier alpha value is -0.580. The number of benzene rings is 1. The van der Waals surface area contributed by atoms with E-state index < -0.39 is 0 Å². The summed E-state index contributed by atoms with van der Waals surface area (Å²) in [6, 6.07) is 8.69. The fraction of sp³-hybridized carbons (Fsp3) is 0.647. The first-order chi connectivity index (χ1) is 10.00. The Morgan fingerprint density at radius 3 is 2.71 bits per heavy atom. The van der Waals surface area contributed by atoms with Crippen LogP contribution in [0.3, 0.4) is 0 Å². The van der Waals surface area contributed by atoms with Gasteiger partial charge in [-0.25, -0.2) is 0 Å². The van der Waals surface area contributed by atoms with Crippen LogP contribution in [0.4, 0.5) is 0 Å². The molecule has 1 aromatic carbocycles. The van der Waals surface area contributed by atoms with Crippen molar-refractivity contribution in [3.8, 4) is 5.75 Å². The number of nitrogens with one attached hydrogen (secondary N) is 1. The molecule has 1 aliphatic rings. The molecule has 0 aromatic heterocycles. The average Bonchev–Trinajstić information content (AvgIpc) is 2.44. The topological polar surface area (TPSA) is 24.5 Å². The van der Waals surface area contributed by atoms with E-state index in [0.717, 1.165) is 36.5 Å². The van der Waals surface area contributed by atoms with Crippen LogP contribution < -0.4 is 10.1 Å². The summed E-state index contributed by atoms with van der Waals surface area (Å²) in [7, 11) is 0. The fourth-order valence-electron chi connectivity index (χ4n) is 2.91. The molecule has 0 spiro atoms. The van der Waals surface area contributed by atoms with E-state index in [1.807, 2.05) is 24.3 Å². The summed E-state index contributed by atoms with van der Waals surface area (Å²) in [6.07, 6.45) is 2.48. The molecule has 0 saturated carbocycles. The lowest BCUT2D eigenvalue weighted by atomic mass is 9.97. The first kappa shape index (κ1) is 16.8. The minimum atomic E-state index is 0.196. The van der Waals surface area contributed by atoms with Gasteiger partial charge in [0, 0.05) is 35.7 Å². The van der Waals surface area contributed by atoms with Gasteiger partial charge in [0.2, 0.25) is 0 Å². The van der Waals surface area contributed by atoms with Crippen LogP contribution in [0.15, 0.2) is 28.7 Å². The summed E-state index contributed by atoms with van der Waals surface area (Å²) >= 11 is 3.44. The van der Waals surface area contributed by atoms with Gasteiger partial charge < -0.3 is 10.1 Å². The van der Waals surface area contributed by atoms with E-state index in [2.05, 4.69) is 46.9 Å². The summed E-state index contributed by atoms with van der Waals surface area (Å²) in [5.41, 5.74) is 0.196. The van der Waals surface area contributed by atoms with Gasteiger partial charge in [0.1, 0.15) is 12.4 Å². The van der Waals surface area contributed by atoms with Gasteiger partial charge in [0.15, 0.2) is 0 Å². The maximum atomic E-state index is 5.88. The van der Waals surface area contributed by atoms with Crippen LogP contribution in [0.25, 0.3) is 0 Å². The van der Waals surface area contributed by atoms with Crippen LogP contribution in [-0.2, 0) is 0 Å². The zero-order chi connectivity index (χ0) is 15.3. The summed E-state index contributed by atoms with van der Waals surface area (Å²) < 4.78 is 6.96. The summed E-state index contributed by atoms with van der Waals surface area (Å²) in [5.74, 6) is 0.944. The minimum absolute atomic E-state index is 0.196. The predicted molar refractivity (Wildman–Crippen MR) is 92.0 cm³/mol. The molecule has 0 radical (unpaired) electrons. The van der Waals surface area contributed by atoms with Crippen LogP contribution in [0.1, 0.15) is 33.6 Å². The van der Waals surface area contributed by atoms with Crippen molar-refractivity contribution in [3.05, 3.63) is 28.7 Å². The van der Waals surface area contributed by atoms with E-state index in [-0.39, 0.29) is 5.54 Å². The molecule has 1 heterocycles. The van der Waals surface area contributed by atoms with Crippen molar-refractivity contribution in [3.63, 3.8) is 0 Å². The second kappa shape index (κ2) is 7.61. The molecule has 2 rings (SSSR count). The molecule has 1 fully saturated rings. The quantitative estimate of drug-likeness (QED) is 0.843. The molecule has 0 bridgehead atoms. The van der Waals surface area contributed by atoms with Gasteiger partial charge in [-0.05, 0) is 44.5 Å². The van der Waals surface area contributed by atoms with Gasteiger partial charge in [-0.15, -0.1) is 0 Å². The number of piperazine rings is 1. The number of rotatable bonds is 6. The van der Waals surface area contributed by atoms with E-state index in [1.165, 1.54) is 12.8 Å². The van der Waals surface area contributed by atoms with E-state index in [4.69, 9.17) is 4.74 Å². The van der Waals surface area contributed by atoms with Crippen LogP contribution >= 0.6 is 15.9 Å². The molecule has 1 aliphatic heterocycles. The average molecular weight is 355 g/mol. The molecule has 3 nitrogen and oxygen atoms in total. The fourth-order valence-corrected chi connectivity index (χ4v) is 3.17. The van der Waals surface area contributed by atoms with Crippen LogP contribution in [0.2, 0.25) is 0 Å². The SMILES string of the molecule is CCCC1CNC(C)(C)CN1CCOc1ccc(Br)cc1. The Morgan fingerprint density at radius 1 is 1.33 bits per heavy atom. The summed E-state index contributed by atoms with van der Waals surface area (Å²) in [4.78, 5) is 2.58. The highest BCUT2D eigenvalue weighted by Crippen LogP contribution is 2.19. The molecule has 1 aromatic rings. The highest BCUT2D eigenvalue weighted by atomic mass is 79.9. The zero-order valence-electron chi connectivity index (χ0n) is 13.4. The van der Waals surface area contributed by atoms with Crippen molar-refractivity contribution in [2.24, 2.45) is 0 Å². The largest absolute Gasteiger partial charge is 0.492 e. The molecule has 118 valence electrons. The van der Waals surface area contributed by atoms with Crippen molar-refractivity contribution < 1.29 is 4.74 Å². The van der Waals surface area contributed by atoms with E-state index in [0.29, 0.717) is 6.04 Å². The third-order valence-electron chi connectivity index (χ3n) is 4.01. The summed E-state index contributed by atoms with van der Waals surface area (Å²) in [6.45, 7) is 10.7. The zero-order valence-corrected chi connectivity index (χ0v) is 14.9. The second-order valence-corrected chi connectivity index (χ2v) is 7.40. The highest BCUT2D eigenvalue weighted by molar-refractivity contribution is 9.10. The lowest BCUT2D eigenvalue weighted by Crippen LogP contribution is -2.62. The summed E-state index contributed by atoms with van der Waals surface area (Å²) in [5, 5.41) is 3.65. The minimum Gasteiger partial charge on any atom is -0.492 e. The van der Waals surface area contributed by atoms with Crippen molar-refractivity contribution in [2.45, 2.75) is 45.2 Å². The normalized spacial score (nSPS) is 22.2. The smallest absolute Gasteiger partial charge is 0.119 e. The van der Waals surface area contributed by atoms with Gasteiger partial charge in [-0.3, -0.25) is 4.90 Å². The lowest BCUT2D eigenvalue weighted by Gasteiger charge is -2.44. The van der Waals surface area contributed by atoms with E-state index in [9.17, 15) is 0 Å². The third kappa shape index (κ3) is 5.28. The number of halogens is 1. The van der Waals surface area contributed by atoms with Crippen LogP contribution in [-0.4, -0.2) is 42.7 Å². The lowest BCUT2D eigenvalue weighted by molar-refractivity contribution is 0.0753. The van der Waals surface area contributed by atoms with Gasteiger partial charge >= 0.3 is 0 Å². The Balaban J connectivity index is 1.84. The standard InChI is InChI=1S/C17H27BrN2O/c1-4-5-15-12-19-17(2,3)13-20(15)10-11-21-16-8-6-14(18)7-9-16/h6-9,15,19H,4-5,10-13H2,1-3H3. The Kier molecular flexibility index (Phi) is 6.08. The number of ether oxygens (including phenoxy) is 1. The van der Waals surface area contributed by atoms with Crippen LogP contribution in [0, 0.1) is 0 Å². The Bertz CT molecular complexity index is 433. The maximum Gasteiger partial charge on any atom is 0.119 e. The highest BCUT2D eigenvalue weighted by Gasteiger charge is 2.31. The Labute approximate surface area is 137 Å². The number of hydrogen-bond acceptors (Lipinski definition) is 3. The van der Waals surface area contributed by atoms with Gasteiger partial charge in [-0.1, -0.05) is 29.3 Å². The van der Waals surface area contributed by atoms with Crippen molar-refractivity contribution in [2.75, 3.05) is 26.2 Å². The molecule has 1 N–H and O–H groups in total. The van der Waals surface area contributed by atoms with Gasteiger partial charge in [0.05, 0.1) is 0 Å². The molecule has 21 heavy (non-hydrogen) atoms. The molecule has 0 aliphatic carbocycles. The molecule has 1 unspecified atom stereocenters. The molecular weight excluding hydrogens is 328 g/mol. The van der Waals surface area contributed by atoms with Gasteiger partial charge in [-0.2, -0.15) is 0 Å². The van der Waals surface area contributed by atoms with Gasteiger partial charge in [0.25, 0.3) is 0 Å². The second-order valence-electron chi connectivity index (χ2n) is 6.48. The third-order valence-corrected chi connectivity index (χ3v) is 4.54. The molecule has 0 amide bonds. The van der Waals surface area contributed by atoms with Crippen molar-refractivity contribution in [1.29, 1.82) is 0 Å². The molecule has 1 atom stereocenters. The number of hydrogen-bond donors (Lipinski definition) is 1. The first-order valence-electron chi connectivity index (χ1n) is 7.87. The maximum absolute atomic E-state index is 5.88. The number of nitrogens with zero attached hydrogens (tertiary/aromatic N) is 1. The molecule has 4 heteroatoms. The van der Waals surface area contributed by atoms with Crippen molar-refractivity contribution in [1.82, 2.24) is 10.2 Å². The van der Waals surface area contributed by atoms with E-state index in [1.54, 1.807) is 0 Å². The predicted octanol–water partition coefficient (Wildman–Crippen LogP) is 3.68. The molecule has 1 saturated heterocycles. The first-order valence-corrected chi connectivity index (χ1v) is 8.67. The molecular formula is C17H27BrN2O.